The van der Waals surface area contributed by atoms with E-state index in [1.165, 1.54) is 17.8 Å². The third-order valence-electron chi connectivity index (χ3n) is 4.82. The maximum atomic E-state index is 13.8. The van der Waals surface area contributed by atoms with Crippen LogP contribution in [0.3, 0.4) is 0 Å². The van der Waals surface area contributed by atoms with Crippen molar-refractivity contribution in [2.24, 2.45) is 0 Å². The summed E-state index contributed by atoms with van der Waals surface area (Å²) in [6.07, 6.45) is 0.199. The van der Waals surface area contributed by atoms with Gasteiger partial charge in [0.15, 0.2) is 5.16 Å². The third kappa shape index (κ3) is 3.57. The van der Waals surface area contributed by atoms with Gasteiger partial charge in [0.05, 0.1) is 5.56 Å². The predicted octanol–water partition coefficient (Wildman–Crippen LogP) is 3.98. The summed E-state index contributed by atoms with van der Waals surface area (Å²) in [5, 5.41) is 3.06. The average Bonchev–Trinajstić information content (AvgIpc) is 2.67. The summed E-state index contributed by atoms with van der Waals surface area (Å²) in [6.45, 7) is 1.96. The van der Waals surface area contributed by atoms with Crippen molar-refractivity contribution in [3.05, 3.63) is 87.0 Å². The lowest BCUT2D eigenvalue weighted by molar-refractivity contribution is -0.116. The van der Waals surface area contributed by atoms with Crippen molar-refractivity contribution in [3.8, 4) is 0 Å². The average molecular weight is 395 g/mol. The molecule has 0 radical (unpaired) electrons. The highest BCUT2D eigenvalue weighted by Gasteiger charge is 2.31. The largest absolute Gasteiger partial charge is 0.310 e. The lowest BCUT2D eigenvalue weighted by atomic mass is 9.84. The van der Waals surface area contributed by atoms with E-state index in [0.717, 1.165) is 11.1 Å². The number of hydrogen-bond donors (Lipinski definition) is 2. The highest BCUT2D eigenvalue weighted by molar-refractivity contribution is 7.98. The fraction of sp³-hybridized carbons (Fsp3) is 0.190. The molecule has 3 aromatic rings. The number of halogens is 1. The number of carbonyl (C=O) groups excluding carboxylic acids is 1. The van der Waals surface area contributed by atoms with Crippen LogP contribution in [-0.4, -0.2) is 15.9 Å². The molecule has 142 valence electrons. The lowest BCUT2D eigenvalue weighted by Crippen LogP contribution is -2.31. The number of aromatic nitrogens is 2. The molecule has 0 spiro atoms. The Kier molecular flexibility index (Phi) is 5.00. The number of anilines is 1. The molecule has 1 aromatic heterocycles. The normalized spacial score (nSPS) is 15.8. The Labute approximate surface area is 165 Å². The van der Waals surface area contributed by atoms with Crippen LogP contribution >= 0.6 is 11.8 Å². The van der Waals surface area contributed by atoms with E-state index in [9.17, 15) is 14.0 Å². The summed E-state index contributed by atoms with van der Waals surface area (Å²) < 4.78 is 13.8. The molecular formula is C21H18FN3O2S. The molecule has 1 unspecified atom stereocenters. The molecule has 1 atom stereocenters. The van der Waals surface area contributed by atoms with Crippen LogP contribution in [0.5, 0.6) is 0 Å². The van der Waals surface area contributed by atoms with E-state index >= 15 is 0 Å². The van der Waals surface area contributed by atoms with Gasteiger partial charge >= 0.3 is 0 Å². The van der Waals surface area contributed by atoms with Gasteiger partial charge in [-0.05, 0) is 29.7 Å². The summed E-state index contributed by atoms with van der Waals surface area (Å²) in [5.41, 5.74) is 2.66. The number of carbonyl (C=O) groups is 1. The van der Waals surface area contributed by atoms with E-state index in [0.29, 0.717) is 22.0 Å². The number of H-pyrrole nitrogens is 1. The molecule has 1 aliphatic heterocycles. The van der Waals surface area contributed by atoms with Gasteiger partial charge in [-0.25, -0.2) is 9.37 Å². The Balaban J connectivity index is 1.68. The number of hydrogen-bond acceptors (Lipinski definition) is 4. The SMILES string of the molecule is Cc1ccccc1C1CC(=O)Nc2nc(SCc3ccccc3F)[nH]c(=O)c21. The van der Waals surface area contributed by atoms with E-state index in [-0.39, 0.29) is 35.4 Å². The molecule has 2 aromatic carbocycles. The summed E-state index contributed by atoms with van der Waals surface area (Å²) in [5.74, 6) is -0.216. The lowest BCUT2D eigenvalue weighted by Gasteiger charge is -2.25. The van der Waals surface area contributed by atoms with Crippen LogP contribution < -0.4 is 10.9 Å². The van der Waals surface area contributed by atoms with E-state index in [2.05, 4.69) is 15.3 Å². The number of benzene rings is 2. The van der Waals surface area contributed by atoms with Gasteiger partial charge in [-0.3, -0.25) is 9.59 Å². The van der Waals surface area contributed by atoms with Crippen molar-refractivity contribution >= 4 is 23.5 Å². The van der Waals surface area contributed by atoms with Crippen LogP contribution in [0.4, 0.5) is 10.2 Å². The minimum atomic E-state index is -0.341. The molecular weight excluding hydrogens is 377 g/mol. The summed E-state index contributed by atoms with van der Waals surface area (Å²) in [4.78, 5) is 32.3. The predicted molar refractivity (Wildman–Crippen MR) is 107 cm³/mol. The van der Waals surface area contributed by atoms with Gasteiger partial charge in [0.1, 0.15) is 11.6 Å². The summed E-state index contributed by atoms with van der Waals surface area (Å²) >= 11 is 1.22. The van der Waals surface area contributed by atoms with E-state index in [4.69, 9.17) is 0 Å². The fourth-order valence-corrected chi connectivity index (χ4v) is 4.27. The highest BCUT2D eigenvalue weighted by atomic mass is 32.2. The first kappa shape index (κ1) is 18.4. The first-order chi connectivity index (χ1) is 13.5. The number of rotatable bonds is 4. The van der Waals surface area contributed by atoms with Gasteiger partial charge in [0, 0.05) is 18.1 Å². The van der Waals surface area contributed by atoms with Crippen LogP contribution in [0.15, 0.2) is 58.5 Å². The molecule has 0 bridgehead atoms. The zero-order chi connectivity index (χ0) is 19.7. The molecule has 2 N–H and O–H groups in total. The van der Waals surface area contributed by atoms with Gasteiger partial charge in [-0.1, -0.05) is 54.2 Å². The van der Waals surface area contributed by atoms with Crippen LogP contribution in [0, 0.1) is 12.7 Å². The van der Waals surface area contributed by atoms with Crippen molar-refractivity contribution < 1.29 is 9.18 Å². The minimum absolute atomic E-state index is 0.177. The van der Waals surface area contributed by atoms with Crippen molar-refractivity contribution in [2.45, 2.75) is 30.2 Å². The number of aryl methyl sites for hydroxylation is 1. The van der Waals surface area contributed by atoms with Gasteiger partial charge in [0.25, 0.3) is 5.56 Å². The second-order valence-corrected chi connectivity index (χ2v) is 7.64. The maximum absolute atomic E-state index is 13.8. The third-order valence-corrected chi connectivity index (χ3v) is 5.74. The molecule has 0 saturated heterocycles. The Morgan fingerprint density at radius 2 is 1.89 bits per heavy atom. The van der Waals surface area contributed by atoms with Crippen LogP contribution in [-0.2, 0) is 10.5 Å². The Morgan fingerprint density at radius 1 is 1.14 bits per heavy atom. The van der Waals surface area contributed by atoms with Crippen LogP contribution in [0.2, 0.25) is 0 Å². The Hall–Kier alpha value is -2.93. The molecule has 1 amide bonds. The number of nitrogens with zero attached hydrogens (tertiary/aromatic N) is 1. The second kappa shape index (κ2) is 7.59. The van der Waals surface area contributed by atoms with Crippen molar-refractivity contribution in [1.29, 1.82) is 0 Å². The monoisotopic (exact) mass is 395 g/mol. The molecule has 5 nitrogen and oxygen atoms in total. The molecule has 0 aliphatic carbocycles. The van der Waals surface area contributed by atoms with E-state index in [1.54, 1.807) is 18.2 Å². The number of thioether (sulfide) groups is 1. The second-order valence-electron chi connectivity index (χ2n) is 6.67. The number of fused-ring (bicyclic) bond motifs is 1. The molecule has 0 saturated carbocycles. The molecule has 28 heavy (non-hydrogen) atoms. The summed E-state index contributed by atoms with van der Waals surface area (Å²) in [7, 11) is 0. The van der Waals surface area contributed by atoms with Crippen molar-refractivity contribution in [1.82, 2.24) is 9.97 Å². The maximum Gasteiger partial charge on any atom is 0.257 e. The highest BCUT2D eigenvalue weighted by Crippen LogP contribution is 2.36. The van der Waals surface area contributed by atoms with Crippen molar-refractivity contribution in [2.75, 3.05) is 5.32 Å². The molecule has 4 rings (SSSR count). The first-order valence-electron chi connectivity index (χ1n) is 8.88. The van der Waals surface area contributed by atoms with Crippen LogP contribution in [0.25, 0.3) is 0 Å². The van der Waals surface area contributed by atoms with Crippen LogP contribution in [0.1, 0.15) is 34.6 Å². The fourth-order valence-electron chi connectivity index (χ4n) is 3.42. The minimum Gasteiger partial charge on any atom is -0.310 e. The molecule has 7 heteroatoms. The molecule has 0 fully saturated rings. The number of nitrogens with one attached hydrogen (secondary N) is 2. The smallest absolute Gasteiger partial charge is 0.257 e. The summed E-state index contributed by atoms with van der Waals surface area (Å²) in [6, 6.07) is 14.2. The van der Waals surface area contributed by atoms with E-state index < -0.39 is 0 Å². The van der Waals surface area contributed by atoms with Gasteiger partial charge in [-0.2, -0.15) is 0 Å². The van der Waals surface area contributed by atoms with Gasteiger partial charge < -0.3 is 10.3 Å². The Morgan fingerprint density at radius 3 is 2.68 bits per heavy atom. The molecule has 2 heterocycles. The quantitative estimate of drug-likeness (QED) is 0.518. The molecule has 1 aliphatic rings. The number of aromatic amines is 1. The zero-order valence-corrected chi connectivity index (χ0v) is 16.0. The number of amides is 1. The topological polar surface area (TPSA) is 74.8 Å². The first-order valence-corrected chi connectivity index (χ1v) is 9.87. The van der Waals surface area contributed by atoms with Gasteiger partial charge in [-0.15, -0.1) is 0 Å². The zero-order valence-electron chi connectivity index (χ0n) is 15.2. The standard InChI is InChI=1S/C21H18FN3O2S/c1-12-6-2-4-8-14(12)15-10-17(26)23-19-18(15)20(27)25-21(24-19)28-11-13-7-3-5-9-16(13)22/h2-9,15H,10-11H2,1H3,(H2,23,24,25,26,27). The Bertz CT molecular complexity index is 1110. The van der Waals surface area contributed by atoms with Crippen molar-refractivity contribution in [3.63, 3.8) is 0 Å². The van der Waals surface area contributed by atoms with E-state index in [1.807, 2.05) is 31.2 Å². The van der Waals surface area contributed by atoms with Gasteiger partial charge in [0.2, 0.25) is 5.91 Å².